The summed E-state index contributed by atoms with van der Waals surface area (Å²) in [5.74, 6) is -0.249. The van der Waals surface area contributed by atoms with E-state index in [0.717, 1.165) is 11.1 Å². The van der Waals surface area contributed by atoms with E-state index in [4.69, 9.17) is 5.73 Å². The Morgan fingerprint density at radius 3 is 2.57 bits per heavy atom. The first-order chi connectivity index (χ1) is 9.81. The molecule has 0 aliphatic carbocycles. The van der Waals surface area contributed by atoms with Crippen LogP contribution in [0.15, 0.2) is 23.3 Å². The summed E-state index contributed by atoms with van der Waals surface area (Å²) in [4.78, 5) is 28.7. The van der Waals surface area contributed by atoms with Crippen LogP contribution >= 0.6 is 0 Å². The molecule has 2 aromatic rings. The molecule has 21 heavy (non-hydrogen) atoms. The van der Waals surface area contributed by atoms with Gasteiger partial charge in [-0.05, 0) is 43.4 Å². The van der Waals surface area contributed by atoms with Gasteiger partial charge in [-0.15, -0.1) is 0 Å². The molecule has 0 bridgehead atoms. The molecule has 112 valence electrons. The highest BCUT2D eigenvalue weighted by atomic mass is 16.2. The van der Waals surface area contributed by atoms with Crippen LogP contribution in [-0.4, -0.2) is 15.5 Å². The summed E-state index contributed by atoms with van der Waals surface area (Å²) in [5.41, 5.74) is 7.88. The lowest BCUT2D eigenvalue weighted by Crippen LogP contribution is -2.35. The van der Waals surface area contributed by atoms with Gasteiger partial charge in [0.05, 0.1) is 17.2 Å². The molecule has 0 aliphatic rings. The van der Waals surface area contributed by atoms with Crippen molar-refractivity contribution < 1.29 is 4.79 Å². The number of rotatable bonds is 4. The van der Waals surface area contributed by atoms with Crippen LogP contribution in [0.4, 0.5) is 0 Å². The molecule has 0 radical (unpaired) electrons. The van der Waals surface area contributed by atoms with Crippen LogP contribution < -0.4 is 11.3 Å². The van der Waals surface area contributed by atoms with Crippen LogP contribution in [0.25, 0.3) is 10.9 Å². The molecule has 1 atom stereocenters. The Bertz CT molecular complexity index is 747. The molecule has 5 nitrogen and oxygen atoms in total. The minimum atomic E-state index is -0.657. The molecule has 0 aliphatic heterocycles. The van der Waals surface area contributed by atoms with Crippen molar-refractivity contribution in [3.63, 3.8) is 0 Å². The predicted octanol–water partition coefficient (Wildman–Crippen LogP) is 2.09. The van der Waals surface area contributed by atoms with Gasteiger partial charge in [-0.3, -0.25) is 14.2 Å². The van der Waals surface area contributed by atoms with Gasteiger partial charge in [0.25, 0.3) is 5.56 Å². The summed E-state index contributed by atoms with van der Waals surface area (Å²) >= 11 is 0. The number of carbonyl (C=O) groups excluding carboxylic acids is 1. The number of primary amides is 1. The minimum absolute atomic E-state index is 0.212. The summed E-state index contributed by atoms with van der Waals surface area (Å²) in [6.07, 6.45) is 1.96. The molecule has 0 unspecified atom stereocenters. The quantitative estimate of drug-likeness (QED) is 0.935. The molecule has 0 spiro atoms. The average molecular weight is 287 g/mol. The molecule has 1 amide bonds. The Morgan fingerprint density at radius 2 is 2.00 bits per heavy atom. The number of nitrogens with two attached hydrogens (primary N) is 1. The zero-order valence-corrected chi connectivity index (χ0v) is 12.9. The fraction of sp³-hybridized carbons (Fsp3) is 0.438. The zero-order valence-electron chi connectivity index (χ0n) is 12.9. The Hall–Kier alpha value is -2.17. The molecule has 1 heterocycles. The summed E-state index contributed by atoms with van der Waals surface area (Å²) in [5, 5.41) is 0.532. The Kier molecular flexibility index (Phi) is 4.11. The van der Waals surface area contributed by atoms with Crippen molar-refractivity contribution in [3.05, 3.63) is 39.9 Å². The predicted molar refractivity (Wildman–Crippen MR) is 83.2 cm³/mol. The Labute approximate surface area is 123 Å². The number of hydrogen-bond acceptors (Lipinski definition) is 3. The molecule has 0 saturated heterocycles. The molecular formula is C16H21N3O2. The number of nitrogens with zero attached hydrogens (tertiary/aromatic N) is 2. The normalized spacial score (nSPS) is 12.8. The molecular weight excluding hydrogens is 266 g/mol. The SMILES string of the molecule is Cc1cc(C)c2ncn([C@@H](CC(C)C)C(N)=O)c(=O)c2c1. The van der Waals surface area contributed by atoms with Gasteiger partial charge in [0, 0.05) is 0 Å². The molecule has 2 rings (SSSR count). The Balaban J connectivity index is 2.68. The van der Waals surface area contributed by atoms with E-state index in [1.165, 1.54) is 10.9 Å². The van der Waals surface area contributed by atoms with E-state index < -0.39 is 11.9 Å². The maximum Gasteiger partial charge on any atom is 0.261 e. The summed E-state index contributed by atoms with van der Waals surface area (Å²) in [6, 6.07) is 3.13. The van der Waals surface area contributed by atoms with E-state index >= 15 is 0 Å². The van der Waals surface area contributed by atoms with Gasteiger partial charge in [-0.1, -0.05) is 19.9 Å². The largest absolute Gasteiger partial charge is 0.368 e. The van der Waals surface area contributed by atoms with E-state index in [-0.39, 0.29) is 11.5 Å². The summed E-state index contributed by atoms with van der Waals surface area (Å²) < 4.78 is 1.36. The minimum Gasteiger partial charge on any atom is -0.368 e. The fourth-order valence-corrected chi connectivity index (χ4v) is 2.64. The first-order valence-corrected chi connectivity index (χ1v) is 7.08. The van der Waals surface area contributed by atoms with E-state index in [1.54, 1.807) is 0 Å². The van der Waals surface area contributed by atoms with Gasteiger partial charge < -0.3 is 5.73 Å². The zero-order chi connectivity index (χ0) is 15.7. The lowest BCUT2D eigenvalue weighted by atomic mass is 10.0. The number of fused-ring (bicyclic) bond motifs is 1. The lowest BCUT2D eigenvalue weighted by Gasteiger charge is -2.18. The molecule has 0 fully saturated rings. The third kappa shape index (κ3) is 2.96. The standard InChI is InChI=1S/C16H21N3O2/c1-9(2)5-13(15(17)20)19-8-18-14-11(4)6-10(3)7-12(14)16(19)21/h6-9,13H,5H2,1-4H3,(H2,17,20)/t13-/m0/s1. The summed E-state index contributed by atoms with van der Waals surface area (Å²) in [6.45, 7) is 7.84. The van der Waals surface area contributed by atoms with Crippen LogP contribution in [0.2, 0.25) is 0 Å². The maximum absolute atomic E-state index is 12.7. The van der Waals surface area contributed by atoms with Crippen molar-refractivity contribution in [2.45, 2.75) is 40.2 Å². The number of amides is 1. The lowest BCUT2D eigenvalue weighted by molar-refractivity contribution is -0.121. The van der Waals surface area contributed by atoms with Crippen molar-refractivity contribution in [2.75, 3.05) is 0 Å². The van der Waals surface area contributed by atoms with Gasteiger partial charge in [0.2, 0.25) is 5.91 Å². The topological polar surface area (TPSA) is 78.0 Å². The highest BCUT2D eigenvalue weighted by Gasteiger charge is 2.21. The number of benzene rings is 1. The highest BCUT2D eigenvalue weighted by Crippen LogP contribution is 2.19. The van der Waals surface area contributed by atoms with Crippen LogP contribution in [-0.2, 0) is 4.79 Å². The van der Waals surface area contributed by atoms with Crippen LogP contribution in [0, 0.1) is 19.8 Å². The average Bonchev–Trinajstić information content (AvgIpc) is 2.37. The smallest absolute Gasteiger partial charge is 0.261 e. The number of aryl methyl sites for hydroxylation is 2. The molecule has 5 heteroatoms. The van der Waals surface area contributed by atoms with Crippen molar-refractivity contribution in [1.82, 2.24) is 9.55 Å². The first-order valence-electron chi connectivity index (χ1n) is 7.08. The monoisotopic (exact) mass is 287 g/mol. The third-order valence-electron chi connectivity index (χ3n) is 3.58. The second-order valence-corrected chi connectivity index (χ2v) is 5.98. The molecule has 2 N–H and O–H groups in total. The van der Waals surface area contributed by atoms with Gasteiger partial charge in [0.1, 0.15) is 6.04 Å². The van der Waals surface area contributed by atoms with Gasteiger partial charge in [-0.25, -0.2) is 4.98 Å². The summed E-state index contributed by atoms with van der Waals surface area (Å²) in [7, 11) is 0. The second kappa shape index (κ2) is 5.68. The molecule has 1 aromatic carbocycles. The van der Waals surface area contributed by atoms with Crippen molar-refractivity contribution in [1.29, 1.82) is 0 Å². The van der Waals surface area contributed by atoms with E-state index in [1.807, 2.05) is 39.8 Å². The van der Waals surface area contributed by atoms with E-state index in [9.17, 15) is 9.59 Å². The second-order valence-electron chi connectivity index (χ2n) is 5.98. The first kappa shape index (κ1) is 15.2. The number of hydrogen-bond donors (Lipinski definition) is 1. The molecule has 0 saturated carbocycles. The number of aromatic nitrogens is 2. The van der Waals surface area contributed by atoms with Crippen molar-refractivity contribution >= 4 is 16.8 Å². The van der Waals surface area contributed by atoms with Crippen LogP contribution in [0.1, 0.15) is 37.4 Å². The highest BCUT2D eigenvalue weighted by molar-refractivity contribution is 5.82. The molecule has 1 aromatic heterocycles. The maximum atomic E-state index is 12.7. The van der Waals surface area contributed by atoms with Crippen molar-refractivity contribution in [2.24, 2.45) is 11.7 Å². The third-order valence-corrected chi connectivity index (χ3v) is 3.58. The van der Waals surface area contributed by atoms with E-state index in [2.05, 4.69) is 4.98 Å². The fourth-order valence-electron chi connectivity index (χ4n) is 2.64. The van der Waals surface area contributed by atoms with Gasteiger partial charge in [-0.2, -0.15) is 0 Å². The van der Waals surface area contributed by atoms with Gasteiger partial charge in [0.15, 0.2) is 0 Å². The van der Waals surface area contributed by atoms with Crippen molar-refractivity contribution in [3.8, 4) is 0 Å². The van der Waals surface area contributed by atoms with E-state index in [0.29, 0.717) is 17.3 Å². The number of carbonyl (C=O) groups is 1. The Morgan fingerprint density at radius 1 is 1.33 bits per heavy atom. The van der Waals surface area contributed by atoms with Gasteiger partial charge >= 0.3 is 0 Å². The van der Waals surface area contributed by atoms with Crippen LogP contribution in [0.3, 0.4) is 0 Å². The van der Waals surface area contributed by atoms with Crippen LogP contribution in [0.5, 0.6) is 0 Å².